The first-order chi connectivity index (χ1) is 4.29. The zero-order chi connectivity index (χ0) is 6.69. The van der Waals surface area contributed by atoms with Crippen molar-refractivity contribution in [1.82, 2.24) is 0 Å². The first-order valence-corrected chi connectivity index (χ1v) is 4.82. The van der Waals surface area contributed by atoms with E-state index in [9.17, 15) is 4.79 Å². The molecule has 1 aliphatic heterocycles. The van der Waals surface area contributed by atoms with Crippen molar-refractivity contribution >= 4 is 5.97 Å². The monoisotopic (exact) mass is 237 g/mol. The summed E-state index contributed by atoms with van der Waals surface area (Å²) in [7, 11) is 0. The molecular formula is C6H6IO2-. The fraction of sp³-hybridized carbons (Fsp3) is 0.167. The van der Waals surface area contributed by atoms with E-state index in [0.29, 0.717) is 0 Å². The molecule has 1 aliphatic rings. The molecule has 1 heterocycles. The Bertz CT molecular complexity index is 181. The first-order valence-electron chi connectivity index (χ1n) is 2.50. The average molecular weight is 237 g/mol. The molecule has 0 aromatic carbocycles. The third-order valence-electron chi connectivity index (χ3n) is 0.873. The van der Waals surface area contributed by atoms with E-state index < -0.39 is 5.97 Å². The minimum atomic E-state index is -0.718. The number of halogens is 1. The first kappa shape index (κ1) is 6.80. The molecule has 50 valence electrons. The van der Waals surface area contributed by atoms with Crippen molar-refractivity contribution in [2.75, 3.05) is 0 Å². The molecule has 0 aromatic heterocycles. The Hall–Kier alpha value is -0.320. The van der Waals surface area contributed by atoms with Crippen molar-refractivity contribution in [2.24, 2.45) is 0 Å². The van der Waals surface area contributed by atoms with Crippen LogP contribution in [-0.2, 0) is 4.79 Å². The molecule has 0 bridgehead atoms. The summed E-state index contributed by atoms with van der Waals surface area (Å²) in [6.45, 7) is 0. The minimum absolute atomic E-state index is 0.0576. The van der Waals surface area contributed by atoms with Crippen LogP contribution >= 0.6 is 0 Å². The van der Waals surface area contributed by atoms with Crippen LogP contribution in [0.2, 0.25) is 0 Å². The molecule has 0 radical (unpaired) electrons. The number of carbonyl (C=O) groups is 1. The van der Waals surface area contributed by atoms with Crippen molar-refractivity contribution in [1.29, 1.82) is 0 Å². The predicted octanol–water partition coefficient (Wildman–Crippen LogP) is -2.04. The molecule has 0 atom stereocenters. The van der Waals surface area contributed by atoms with Gasteiger partial charge in [0.1, 0.15) is 0 Å². The molecule has 0 spiro atoms. The summed E-state index contributed by atoms with van der Waals surface area (Å²) in [5.74, 6) is -0.718. The summed E-state index contributed by atoms with van der Waals surface area (Å²) in [6.07, 6.45) is 4.08. The molecule has 0 unspecified atom stereocenters. The van der Waals surface area contributed by atoms with E-state index in [1.807, 2.05) is 12.2 Å². The standard InChI is InChI=1S/C6H6IO2/c8-6(9)4-5-2-1-3-7-5/h1-3H,4H2,(H,8,9)/q-1. The molecule has 2 nitrogen and oxygen atoms in total. The van der Waals surface area contributed by atoms with Crippen molar-refractivity contribution < 1.29 is 31.1 Å². The van der Waals surface area contributed by atoms with Gasteiger partial charge in [0.15, 0.2) is 0 Å². The van der Waals surface area contributed by atoms with Crippen LogP contribution in [0.3, 0.4) is 0 Å². The second-order valence-electron chi connectivity index (χ2n) is 1.61. The Morgan fingerprint density at radius 3 is 3.00 bits per heavy atom. The van der Waals surface area contributed by atoms with Gasteiger partial charge in [-0.2, -0.15) is 0 Å². The van der Waals surface area contributed by atoms with E-state index in [1.54, 1.807) is 0 Å². The van der Waals surface area contributed by atoms with Crippen LogP contribution in [0, 0.1) is 0 Å². The molecule has 0 saturated carbocycles. The van der Waals surface area contributed by atoms with Crippen molar-refractivity contribution in [3.63, 3.8) is 0 Å². The summed E-state index contributed by atoms with van der Waals surface area (Å²) in [4.78, 5) is 10.1. The van der Waals surface area contributed by atoms with Crippen molar-refractivity contribution in [3.8, 4) is 0 Å². The van der Waals surface area contributed by atoms with Crippen molar-refractivity contribution in [2.45, 2.75) is 6.42 Å². The van der Waals surface area contributed by atoms with Crippen LogP contribution in [0.5, 0.6) is 0 Å². The zero-order valence-electron chi connectivity index (χ0n) is 4.67. The second-order valence-corrected chi connectivity index (χ2v) is 4.34. The molecule has 1 rings (SSSR count). The van der Waals surface area contributed by atoms with Gasteiger partial charge in [-0.05, 0) is 0 Å². The summed E-state index contributed by atoms with van der Waals surface area (Å²) in [6, 6.07) is 0. The van der Waals surface area contributed by atoms with E-state index >= 15 is 0 Å². The molecule has 0 saturated heterocycles. The second kappa shape index (κ2) is 3.00. The van der Waals surface area contributed by atoms with Crippen molar-refractivity contribution in [3.05, 3.63) is 19.8 Å². The van der Waals surface area contributed by atoms with Gasteiger partial charge in [0.25, 0.3) is 0 Å². The number of rotatable bonds is 2. The van der Waals surface area contributed by atoms with E-state index in [0.717, 1.165) is 3.58 Å². The van der Waals surface area contributed by atoms with Gasteiger partial charge in [0, 0.05) is 0 Å². The Morgan fingerprint density at radius 2 is 2.56 bits per heavy atom. The van der Waals surface area contributed by atoms with E-state index in [4.69, 9.17) is 5.11 Å². The fourth-order valence-electron chi connectivity index (χ4n) is 0.536. The average Bonchev–Trinajstić information content (AvgIpc) is 2.15. The third-order valence-corrected chi connectivity index (χ3v) is 3.19. The Balaban J connectivity index is 2.39. The number of carboxylic acid groups (broad SMARTS) is 1. The number of hydrogen-bond acceptors (Lipinski definition) is 1. The summed E-state index contributed by atoms with van der Waals surface area (Å²) in [5.41, 5.74) is 0. The fourth-order valence-corrected chi connectivity index (χ4v) is 2.38. The number of allylic oxidation sites excluding steroid dienone is 2. The quantitative estimate of drug-likeness (QED) is 0.562. The molecular weight excluding hydrogens is 231 g/mol. The Morgan fingerprint density at radius 1 is 1.78 bits per heavy atom. The number of carboxylic acids is 1. The Kier molecular flexibility index (Phi) is 2.27. The summed E-state index contributed by atoms with van der Waals surface area (Å²) in [5, 5.41) is 8.32. The molecule has 0 amide bonds. The maximum absolute atomic E-state index is 10.1. The van der Waals surface area contributed by atoms with Crippen LogP contribution in [0.4, 0.5) is 0 Å². The van der Waals surface area contributed by atoms with Gasteiger partial charge in [-0.15, -0.1) is 0 Å². The SMILES string of the molecule is O=C(O)CC1=CC=C[I-]1. The Labute approximate surface area is 63.5 Å². The van der Waals surface area contributed by atoms with Crippen LogP contribution in [0.1, 0.15) is 6.42 Å². The van der Waals surface area contributed by atoms with Gasteiger partial charge in [-0.25, -0.2) is 0 Å². The summed E-state index contributed by atoms with van der Waals surface area (Å²) < 4.78 is 3.17. The number of aliphatic carboxylic acids is 1. The molecule has 3 heteroatoms. The van der Waals surface area contributed by atoms with E-state index in [1.165, 1.54) is 0 Å². The molecule has 9 heavy (non-hydrogen) atoms. The van der Waals surface area contributed by atoms with E-state index in [-0.39, 0.29) is 27.6 Å². The maximum atomic E-state index is 10.1. The van der Waals surface area contributed by atoms with Gasteiger partial charge in [-0.3, -0.25) is 0 Å². The van der Waals surface area contributed by atoms with Gasteiger partial charge >= 0.3 is 63.3 Å². The molecule has 0 aliphatic carbocycles. The van der Waals surface area contributed by atoms with Crippen LogP contribution in [-0.4, -0.2) is 11.1 Å². The normalized spacial score (nSPS) is 16.7. The molecule has 1 N–H and O–H groups in total. The van der Waals surface area contributed by atoms with Gasteiger partial charge in [0.05, 0.1) is 0 Å². The zero-order valence-corrected chi connectivity index (χ0v) is 6.83. The van der Waals surface area contributed by atoms with Gasteiger partial charge in [0.2, 0.25) is 0 Å². The van der Waals surface area contributed by atoms with Crippen LogP contribution in [0.15, 0.2) is 19.8 Å². The third kappa shape index (κ3) is 2.17. The van der Waals surface area contributed by atoms with Gasteiger partial charge in [-0.1, -0.05) is 0 Å². The van der Waals surface area contributed by atoms with E-state index in [2.05, 4.69) is 4.08 Å². The van der Waals surface area contributed by atoms with Gasteiger partial charge < -0.3 is 0 Å². The number of hydrogen-bond donors (Lipinski definition) is 1. The summed E-state index contributed by atoms with van der Waals surface area (Å²) >= 11 is -0.0576. The molecule has 0 aromatic rings. The molecule has 0 fully saturated rings. The topological polar surface area (TPSA) is 37.3 Å². The van der Waals surface area contributed by atoms with Crippen LogP contribution < -0.4 is 21.2 Å². The predicted molar refractivity (Wildman–Crippen MR) is 29.5 cm³/mol. The van der Waals surface area contributed by atoms with Crippen LogP contribution in [0.25, 0.3) is 0 Å².